The molecule has 1 heterocycles. The summed E-state index contributed by atoms with van der Waals surface area (Å²) in [6.45, 7) is -0.194. The molecule has 1 aliphatic rings. The first-order valence-corrected chi connectivity index (χ1v) is 7.53. The number of benzene rings is 1. The van der Waals surface area contributed by atoms with E-state index in [1.807, 2.05) is 0 Å². The molecule has 0 spiro atoms. The molecular formula is C12H13F2NO5S. The van der Waals surface area contributed by atoms with E-state index < -0.39 is 38.6 Å². The molecule has 6 nitrogen and oxygen atoms in total. The number of halogens is 2. The van der Waals surface area contributed by atoms with Gasteiger partial charge in [-0.3, -0.25) is 4.79 Å². The fraction of sp³-hybridized carbons (Fsp3) is 0.417. The van der Waals surface area contributed by atoms with Gasteiger partial charge in [0.15, 0.2) is 0 Å². The summed E-state index contributed by atoms with van der Waals surface area (Å²) < 4.78 is 57.2. The first-order valence-electron chi connectivity index (χ1n) is 6.09. The highest BCUT2D eigenvalue weighted by Crippen LogP contribution is 2.22. The second kappa shape index (κ2) is 6.04. The van der Waals surface area contributed by atoms with E-state index in [2.05, 4.69) is 0 Å². The highest BCUT2D eigenvalue weighted by atomic mass is 32.2. The van der Waals surface area contributed by atoms with Gasteiger partial charge in [0.25, 0.3) is 0 Å². The largest absolute Gasteiger partial charge is 0.481 e. The zero-order valence-electron chi connectivity index (χ0n) is 10.8. The molecule has 0 radical (unpaired) electrons. The van der Waals surface area contributed by atoms with Crippen molar-refractivity contribution in [2.75, 3.05) is 19.7 Å². The van der Waals surface area contributed by atoms with Crippen LogP contribution in [-0.2, 0) is 19.6 Å². The molecule has 1 fully saturated rings. The lowest BCUT2D eigenvalue weighted by atomic mass is 10.2. The van der Waals surface area contributed by atoms with Gasteiger partial charge in [-0.1, -0.05) is 0 Å². The standard InChI is InChI=1S/C12H13F2NO5S/c13-8-1-2-11(10(14)5-8)21(18,19)15-3-4-20-9(7-15)6-12(16)17/h1-2,5,9H,3-4,6-7H2,(H,16,17). The van der Waals surface area contributed by atoms with E-state index in [1.165, 1.54) is 0 Å². The predicted molar refractivity (Wildman–Crippen MR) is 67.1 cm³/mol. The van der Waals surface area contributed by atoms with Gasteiger partial charge in [-0.25, -0.2) is 17.2 Å². The Kier molecular flexibility index (Phi) is 4.55. The number of rotatable bonds is 4. The normalized spacial score (nSPS) is 20.4. The lowest BCUT2D eigenvalue weighted by Gasteiger charge is -2.31. The second-order valence-electron chi connectivity index (χ2n) is 4.53. The van der Waals surface area contributed by atoms with Gasteiger partial charge in [0.2, 0.25) is 10.0 Å². The molecule has 1 N–H and O–H groups in total. The molecule has 116 valence electrons. The molecular weight excluding hydrogens is 308 g/mol. The number of hydrogen-bond acceptors (Lipinski definition) is 4. The van der Waals surface area contributed by atoms with E-state index in [0.29, 0.717) is 6.07 Å². The van der Waals surface area contributed by atoms with Gasteiger partial charge in [-0.15, -0.1) is 0 Å². The van der Waals surface area contributed by atoms with Crippen molar-refractivity contribution in [3.05, 3.63) is 29.8 Å². The molecule has 0 amide bonds. The first kappa shape index (κ1) is 15.8. The lowest BCUT2D eigenvalue weighted by Crippen LogP contribution is -2.46. The Balaban J connectivity index is 2.24. The average Bonchev–Trinajstić information content (AvgIpc) is 2.37. The maximum absolute atomic E-state index is 13.6. The fourth-order valence-corrected chi connectivity index (χ4v) is 3.55. The van der Waals surface area contributed by atoms with Crippen LogP contribution < -0.4 is 0 Å². The van der Waals surface area contributed by atoms with Crippen LogP contribution in [0.15, 0.2) is 23.1 Å². The number of carboxylic acid groups (broad SMARTS) is 1. The molecule has 0 aromatic heterocycles. The van der Waals surface area contributed by atoms with Crippen LogP contribution in [0.1, 0.15) is 6.42 Å². The van der Waals surface area contributed by atoms with Gasteiger partial charge in [0.1, 0.15) is 16.5 Å². The van der Waals surface area contributed by atoms with Crippen molar-refractivity contribution >= 4 is 16.0 Å². The minimum absolute atomic E-state index is 0.0139. The molecule has 1 atom stereocenters. The van der Waals surface area contributed by atoms with Crippen LogP contribution in [0.4, 0.5) is 8.78 Å². The molecule has 1 aliphatic heterocycles. The maximum Gasteiger partial charge on any atom is 0.306 e. The van der Waals surface area contributed by atoms with E-state index in [9.17, 15) is 22.0 Å². The number of carboxylic acids is 1. The highest BCUT2D eigenvalue weighted by Gasteiger charge is 2.33. The van der Waals surface area contributed by atoms with Gasteiger partial charge in [-0.2, -0.15) is 4.31 Å². The average molecular weight is 321 g/mol. The number of aliphatic carboxylic acids is 1. The third-order valence-electron chi connectivity index (χ3n) is 3.02. The molecule has 1 aromatic carbocycles. The smallest absolute Gasteiger partial charge is 0.306 e. The van der Waals surface area contributed by atoms with Crippen LogP contribution in [0.3, 0.4) is 0 Å². The van der Waals surface area contributed by atoms with Crippen LogP contribution in [0.25, 0.3) is 0 Å². The monoisotopic (exact) mass is 321 g/mol. The Morgan fingerprint density at radius 2 is 2.14 bits per heavy atom. The first-order chi connectivity index (χ1) is 9.80. The molecule has 1 unspecified atom stereocenters. The van der Waals surface area contributed by atoms with E-state index in [1.54, 1.807) is 0 Å². The number of ether oxygens (including phenoxy) is 1. The topological polar surface area (TPSA) is 83.9 Å². The Morgan fingerprint density at radius 1 is 1.43 bits per heavy atom. The third-order valence-corrected chi connectivity index (χ3v) is 4.91. The predicted octanol–water partition coefficient (Wildman–Crippen LogP) is 0.829. The number of morpholine rings is 1. The van der Waals surface area contributed by atoms with E-state index >= 15 is 0 Å². The minimum Gasteiger partial charge on any atom is -0.481 e. The highest BCUT2D eigenvalue weighted by molar-refractivity contribution is 7.89. The maximum atomic E-state index is 13.6. The number of hydrogen-bond donors (Lipinski definition) is 1. The lowest BCUT2D eigenvalue weighted by molar-refractivity contribution is -0.141. The third kappa shape index (κ3) is 3.55. The summed E-state index contributed by atoms with van der Waals surface area (Å²) in [5, 5.41) is 8.70. The Labute approximate surface area is 120 Å². The fourth-order valence-electron chi connectivity index (χ4n) is 2.05. The van der Waals surface area contributed by atoms with Crippen molar-refractivity contribution in [3.63, 3.8) is 0 Å². The van der Waals surface area contributed by atoms with Crippen molar-refractivity contribution in [2.24, 2.45) is 0 Å². The van der Waals surface area contributed by atoms with Gasteiger partial charge >= 0.3 is 5.97 Å². The Morgan fingerprint density at radius 3 is 2.76 bits per heavy atom. The van der Waals surface area contributed by atoms with Crippen LogP contribution in [0, 0.1) is 11.6 Å². The quantitative estimate of drug-likeness (QED) is 0.888. The van der Waals surface area contributed by atoms with Crippen molar-refractivity contribution in [1.29, 1.82) is 0 Å². The zero-order valence-corrected chi connectivity index (χ0v) is 11.6. The Hall–Kier alpha value is -1.58. The molecule has 1 saturated heterocycles. The van der Waals surface area contributed by atoms with Crippen molar-refractivity contribution < 1.29 is 31.8 Å². The molecule has 0 aliphatic carbocycles. The van der Waals surface area contributed by atoms with E-state index in [0.717, 1.165) is 16.4 Å². The molecule has 0 saturated carbocycles. The minimum atomic E-state index is -4.16. The molecule has 1 aromatic rings. The molecule has 21 heavy (non-hydrogen) atoms. The molecule has 2 rings (SSSR count). The van der Waals surface area contributed by atoms with Crippen LogP contribution in [-0.4, -0.2) is 49.6 Å². The van der Waals surface area contributed by atoms with Gasteiger partial charge < -0.3 is 9.84 Å². The summed E-state index contributed by atoms with van der Waals surface area (Å²) in [7, 11) is -4.16. The number of carbonyl (C=O) groups is 1. The zero-order chi connectivity index (χ0) is 15.6. The van der Waals surface area contributed by atoms with Crippen LogP contribution >= 0.6 is 0 Å². The molecule has 9 heteroatoms. The molecule has 0 bridgehead atoms. The van der Waals surface area contributed by atoms with Crippen LogP contribution in [0.2, 0.25) is 0 Å². The van der Waals surface area contributed by atoms with Gasteiger partial charge in [-0.05, 0) is 12.1 Å². The van der Waals surface area contributed by atoms with Gasteiger partial charge in [0.05, 0.1) is 19.1 Å². The number of sulfonamides is 1. The summed E-state index contributed by atoms with van der Waals surface area (Å²) in [4.78, 5) is 10.00. The van der Waals surface area contributed by atoms with E-state index in [-0.39, 0.29) is 26.1 Å². The second-order valence-corrected chi connectivity index (χ2v) is 6.43. The Bertz CT molecular complexity index is 649. The summed E-state index contributed by atoms with van der Waals surface area (Å²) >= 11 is 0. The SMILES string of the molecule is O=C(O)CC1CN(S(=O)(=O)c2ccc(F)cc2F)CCO1. The summed E-state index contributed by atoms with van der Waals surface area (Å²) in [5.41, 5.74) is 0. The van der Waals surface area contributed by atoms with Crippen molar-refractivity contribution in [2.45, 2.75) is 17.4 Å². The van der Waals surface area contributed by atoms with Crippen molar-refractivity contribution in [1.82, 2.24) is 4.31 Å². The van der Waals surface area contributed by atoms with E-state index in [4.69, 9.17) is 9.84 Å². The van der Waals surface area contributed by atoms with Crippen LogP contribution in [0.5, 0.6) is 0 Å². The summed E-state index contributed by atoms with van der Waals surface area (Å²) in [6.07, 6.45) is -1.15. The summed E-state index contributed by atoms with van der Waals surface area (Å²) in [6, 6.07) is 2.19. The summed E-state index contributed by atoms with van der Waals surface area (Å²) in [5.74, 6) is -3.18. The van der Waals surface area contributed by atoms with Crippen molar-refractivity contribution in [3.8, 4) is 0 Å². The number of nitrogens with zero attached hydrogens (tertiary/aromatic N) is 1. The van der Waals surface area contributed by atoms with Gasteiger partial charge in [0, 0.05) is 19.2 Å².